The number of piperidine rings is 1. The molecule has 0 atom stereocenters. The minimum atomic E-state index is -0.481. The largest absolute Gasteiger partial charge is 0.444 e. The van der Waals surface area contributed by atoms with Crippen LogP contribution in [0.3, 0.4) is 0 Å². The SMILES string of the molecule is CC(C)(C)OC(=O)N1CCC2(CCN(c3nc(-c4ccncc4)nc4cnc(Cc5ccccc5)cc34)CC2)C1. The quantitative estimate of drug-likeness (QED) is 0.321. The summed E-state index contributed by atoms with van der Waals surface area (Å²) in [5.74, 6) is 1.63. The third-order valence-corrected chi connectivity index (χ3v) is 8.00. The molecule has 0 aliphatic carbocycles. The number of pyridine rings is 2. The first kappa shape index (κ1) is 26.2. The highest BCUT2D eigenvalue weighted by Gasteiger charge is 2.43. The third kappa shape index (κ3) is 5.62. The molecule has 2 aliphatic heterocycles. The van der Waals surface area contributed by atoms with Crippen molar-refractivity contribution in [1.82, 2.24) is 24.8 Å². The van der Waals surface area contributed by atoms with E-state index in [1.807, 2.05) is 50.1 Å². The number of amides is 1. The van der Waals surface area contributed by atoms with Gasteiger partial charge in [-0.25, -0.2) is 14.8 Å². The van der Waals surface area contributed by atoms with Gasteiger partial charge in [-0.15, -0.1) is 0 Å². The van der Waals surface area contributed by atoms with E-state index in [0.717, 1.165) is 79.8 Å². The molecule has 1 amide bonds. The lowest BCUT2D eigenvalue weighted by atomic mass is 9.78. The lowest BCUT2D eigenvalue weighted by Crippen LogP contribution is -2.43. The standard InChI is InChI=1S/C32H36N6O2/c1-31(2,3)40-30(39)38-18-13-32(22-38)11-16-37(17-12-32)29-26-20-25(19-23-7-5-4-6-8-23)34-21-27(26)35-28(36-29)24-9-14-33-15-10-24/h4-10,14-15,20-21H,11-13,16-19,22H2,1-3H3. The van der Waals surface area contributed by atoms with Crippen LogP contribution in [0.5, 0.6) is 0 Å². The molecule has 5 heterocycles. The van der Waals surface area contributed by atoms with Crippen molar-refractivity contribution < 1.29 is 9.53 Å². The van der Waals surface area contributed by atoms with Crippen molar-refractivity contribution >= 4 is 22.8 Å². The summed E-state index contributed by atoms with van der Waals surface area (Å²) in [5, 5.41) is 1.02. The van der Waals surface area contributed by atoms with Crippen LogP contribution in [-0.2, 0) is 11.2 Å². The molecule has 0 unspecified atom stereocenters. The number of rotatable bonds is 4. The first-order valence-corrected chi connectivity index (χ1v) is 14.1. The van der Waals surface area contributed by atoms with Crippen LogP contribution >= 0.6 is 0 Å². The molecule has 0 N–H and O–H groups in total. The molecule has 0 radical (unpaired) electrons. The summed E-state index contributed by atoms with van der Waals surface area (Å²) in [7, 11) is 0. The Kier molecular flexibility index (Phi) is 6.86. The number of hydrogen-bond acceptors (Lipinski definition) is 7. The van der Waals surface area contributed by atoms with Gasteiger partial charge in [0.25, 0.3) is 0 Å². The first-order valence-electron chi connectivity index (χ1n) is 14.1. The van der Waals surface area contributed by atoms with Crippen LogP contribution in [0.15, 0.2) is 67.1 Å². The molecule has 6 rings (SSSR count). The summed E-state index contributed by atoms with van der Waals surface area (Å²) in [5.41, 5.74) is 3.64. The second-order valence-electron chi connectivity index (χ2n) is 12.1. The van der Waals surface area contributed by atoms with Crippen LogP contribution in [0, 0.1) is 5.41 Å². The van der Waals surface area contributed by atoms with Crippen molar-refractivity contribution in [3.05, 3.63) is 78.4 Å². The summed E-state index contributed by atoms with van der Waals surface area (Å²) < 4.78 is 5.65. The summed E-state index contributed by atoms with van der Waals surface area (Å²) in [6, 6.07) is 16.4. The van der Waals surface area contributed by atoms with Crippen molar-refractivity contribution in [2.75, 3.05) is 31.1 Å². The fraction of sp³-hybridized carbons (Fsp3) is 0.406. The minimum absolute atomic E-state index is 0.129. The van der Waals surface area contributed by atoms with Gasteiger partial charge in [-0.2, -0.15) is 0 Å². The zero-order chi connectivity index (χ0) is 27.7. The minimum Gasteiger partial charge on any atom is -0.444 e. The molecular weight excluding hydrogens is 500 g/mol. The average Bonchev–Trinajstić information content (AvgIpc) is 3.37. The van der Waals surface area contributed by atoms with Gasteiger partial charge < -0.3 is 14.5 Å². The van der Waals surface area contributed by atoms with Gasteiger partial charge in [0.15, 0.2) is 5.82 Å². The number of ether oxygens (including phenoxy) is 1. The molecule has 3 aromatic heterocycles. The van der Waals surface area contributed by atoms with E-state index in [-0.39, 0.29) is 11.5 Å². The Morgan fingerprint density at radius 2 is 1.70 bits per heavy atom. The monoisotopic (exact) mass is 536 g/mol. The number of carbonyl (C=O) groups is 1. The van der Waals surface area contributed by atoms with Crippen LogP contribution in [0.4, 0.5) is 10.6 Å². The van der Waals surface area contributed by atoms with Crippen LogP contribution in [0.2, 0.25) is 0 Å². The Bertz CT molecular complexity index is 1490. The topological polar surface area (TPSA) is 84.3 Å². The Balaban J connectivity index is 1.28. The second-order valence-corrected chi connectivity index (χ2v) is 12.1. The maximum absolute atomic E-state index is 12.7. The van der Waals surface area contributed by atoms with Gasteiger partial charge in [0.2, 0.25) is 0 Å². The fourth-order valence-corrected chi connectivity index (χ4v) is 5.85. The third-order valence-electron chi connectivity index (χ3n) is 8.00. The molecule has 1 spiro atoms. The zero-order valence-corrected chi connectivity index (χ0v) is 23.5. The lowest BCUT2D eigenvalue weighted by Gasteiger charge is -2.40. The van der Waals surface area contributed by atoms with Crippen LogP contribution in [0.25, 0.3) is 22.3 Å². The molecule has 2 aliphatic rings. The molecule has 2 fully saturated rings. The van der Waals surface area contributed by atoms with E-state index in [1.165, 1.54) is 5.56 Å². The average molecular weight is 537 g/mol. The van der Waals surface area contributed by atoms with Gasteiger partial charge in [-0.05, 0) is 69.2 Å². The first-order chi connectivity index (χ1) is 19.3. The van der Waals surface area contributed by atoms with Gasteiger partial charge >= 0.3 is 6.09 Å². The predicted octanol–water partition coefficient (Wildman–Crippen LogP) is 5.91. The number of likely N-dealkylation sites (tertiary alicyclic amines) is 1. The number of fused-ring (bicyclic) bond motifs is 1. The number of carbonyl (C=O) groups excluding carboxylic acids is 1. The smallest absolute Gasteiger partial charge is 0.410 e. The van der Waals surface area contributed by atoms with Crippen molar-refractivity contribution in [3.63, 3.8) is 0 Å². The van der Waals surface area contributed by atoms with Crippen LogP contribution in [0.1, 0.15) is 51.3 Å². The van der Waals surface area contributed by atoms with Gasteiger partial charge in [-0.3, -0.25) is 9.97 Å². The highest BCUT2D eigenvalue weighted by atomic mass is 16.6. The van der Waals surface area contributed by atoms with Gasteiger partial charge in [0.05, 0.1) is 11.7 Å². The zero-order valence-electron chi connectivity index (χ0n) is 23.5. The van der Waals surface area contributed by atoms with E-state index in [4.69, 9.17) is 19.7 Å². The van der Waals surface area contributed by atoms with Crippen molar-refractivity contribution in [2.24, 2.45) is 5.41 Å². The molecule has 2 saturated heterocycles. The number of benzene rings is 1. The summed E-state index contributed by atoms with van der Waals surface area (Å²) in [6.45, 7) is 9.02. The Hall–Kier alpha value is -4.07. The predicted molar refractivity (Wildman–Crippen MR) is 156 cm³/mol. The molecular formula is C32H36N6O2. The van der Waals surface area contributed by atoms with E-state index < -0.39 is 5.60 Å². The number of anilines is 1. The van der Waals surface area contributed by atoms with Crippen molar-refractivity contribution in [3.8, 4) is 11.4 Å². The highest BCUT2D eigenvalue weighted by molar-refractivity contribution is 5.91. The molecule has 8 heteroatoms. The number of aromatic nitrogens is 4. The lowest BCUT2D eigenvalue weighted by molar-refractivity contribution is 0.0266. The molecule has 8 nitrogen and oxygen atoms in total. The molecule has 4 aromatic rings. The molecule has 0 bridgehead atoms. The Morgan fingerprint density at radius 3 is 2.42 bits per heavy atom. The maximum atomic E-state index is 12.7. The Labute approximate surface area is 235 Å². The molecule has 1 aromatic carbocycles. The number of hydrogen-bond donors (Lipinski definition) is 0. The summed E-state index contributed by atoms with van der Waals surface area (Å²) in [6.07, 6.45) is 8.99. The summed E-state index contributed by atoms with van der Waals surface area (Å²) >= 11 is 0. The second kappa shape index (κ2) is 10.5. The number of nitrogens with zero attached hydrogens (tertiary/aromatic N) is 6. The Morgan fingerprint density at radius 1 is 0.975 bits per heavy atom. The summed E-state index contributed by atoms with van der Waals surface area (Å²) in [4.78, 5) is 35.9. The molecule has 206 valence electrons. The van der Waals surface area contributed by atoms with Gasteiger partial charge in [-0.1, -0.05) is 30.3 Å². The van der Waals surface area contributed by atoms with Gasteiger partial charge in [0.1, 0.15) is 11.4 Å². The van der Waals surface area contributed by atoms with Gasteiger partial charge in [0, 0.05) is 61.6 Å². The fourth-order valence-electron chi connectivity index (χ4n) is 5.85. The molecule has 40 heavy (non-hydrogen) atoms. The van der Waals surface area contributed by atoms with E-state index in [9.17, 15) is 4.79 Å². The van der Waals surface area contributed by atoms with Crippen LogP contribution in [-0.4, -0.2) is 62.7 Å². The van der Waals surface area contributed by atoms with E-state index in [0.29, 0.717) is 5.82 Å². The van der Waals surface area contributed by atoms with E-state index in [1.54, 1.807) is 12.4 Å². The normalized spacial score (nSPS) is 17.0. The highest BCUT2D eigenvalue weighted by Crippen LogP contribution is 2.42. The van der Waals surface area contributed by atoms with Crippen LogP contribution < -0.4 is 4.90 Å². The maximum Gasteiger partial charge on any atom is 0.410 e. The molecule has 0 saturated carbocycles. The van der Waals surface area contributed by atoms with Crippen molar-refractivity contribution in [1.29, 1.82) is 0 Å². The van der Waals surface area contributed by atoms with E-state index in [2.05, 4.69) is 40.2 Å². The van der Waals surface area contributed by atoms with E-state index >= 15 is 0 Å². The van der Waals surface area contributed by atoms with Crippen molar-refractivity contribution in [2.45, 2.75) is 52.1 Å².